The maximum atomic E-state index is 5.73. The maximum Gasteiger partial charge on any atom is 0.208 e. The molecule has 0 fully saturated rings. The van der Waals surface area contributed by atoms with Gasteiger partial charge in [0.15, 0.2) is 17.3 Å². The third-order valence-corrected chi connectivity index (χ3v) is 3.14. The van der Waals surface area contributed by atoms with Crippen molar-refractivity contribution in [3.63, 3.8) is 0 Å². The first-order chi connectivity index (χ1) is 10.4. The number of nitrogens with one attached hydrogen (secondary N) is 1. The zero-order chi connectivity index (χ0) is 14.5. The number of benzene rings is 1. The lowest BCUT2D eigenvalue weighted by Gasteiger charge is -2.18. The Morgan fingerprint density at radius 1 is 1.24 bits per heavy atom. The van der Waals surface area contributed by atoms with Crippen molar-refractivity contribution in [2.24, 2.45) is 0 Å². The number of fused-ring (bicyclic) bond motifs is 1. The van der Waals surface area contributed by atoms with Crippen molar-refractivity contribution in [1.29, 1.82) is 0 Å². The van der Waals surface area contributed by atoms with E-state index in [-0.39, 0.29) is 0 Å². The van der Waals surface area contributed by atoms with Crippen LogP contribution in [0.3, 0.4) is 0 Å². The second kappa shape index (κ2) is 6.60. The van der Waals surface area contributed by atoms with Gasteiger partial charge in [-0.05, 0) is 18.2 Å². The molecule has 2 heterocycles. The first-order valence-electron chi connectivity index (χ1n) is 6.91. The van der Waals surface area contributed by atoms with Crippen molar-refractivity contribution in [2.45, 2.75) is 6.54 Å². The van der Waals surface area contributed by atoms with Gasteiger partial charge in [-0.2, -0.15) is 0 Å². The normalized spacial score (nSPS) is 13.4. The molecule has 1 N–H and O–H groups in total. The zero-order valence-electron chi connectivity index (χ0n) is 11.9. The van der Waals surface area contributed by atoms with Crippen LogP contribution >= 0.6 is 0 Å². The minimum Gasteiger partial charge on any atom is -0.486 e. The highest BCUT2D eigenvalue weighted by Gasteiger charge is 2.14. The number of hydrogen-bond acceptors (Lipinski definition) is 6. The van der Waals surface area contributed by atoms with Gasteiger partial charge in [0, 0.05) is 19.2 Å². The van der Waals surface area contributed by atoms with E-state index >= 15 is 0 Å². The molecule has 0 saturated carbocycles. The molecule has 21 heavy (non-hydrogen) atoms. The monoisotopic (exact) mass is 290 g/mol. The number of aromatic nitrogens is 1. The van der Waals surface area contributed by atoms with Gasteiger partial charge in [-0.15, -0.1) is 0 Å². The summed E-state index contributed by atoms with van der Waals surface area (Å²) in [5, 5.41) is 3.19. The van der Waals surface area contributed by atoms with Crippen molar-refractivity contribution in [3.8, 4) is 22.8 Å². The van der Waals surface area contributed by atoms with Gasteiger partial charge < -0.3 is 23.9 Å². The molecule has 0 amide bonds. The molecule has 1 aromatic heterocycles. The molecule has 0 atom stereocenters. The summed E-state index contributed by atoms with van der Waals surface area (Å²) in [7, 11) is 1.67. The predicted octanol–water partition coefficient (Wildman–Crippen LogP) is 1.85. The summed E-state index contributed by atoms with van der Waals surface area (Å²) in [5.74, 6) is 2.88. The van der Waals surface area contributed by atoms with E-state index in [4.69, 9.17) is 18.6 Å². The summed E-state index contributed by atoms with van der Waals surface area (Å²) in [6.45, 7) is 3.16. The molecular formula is C15H18N2O4. The summed E-state index contributed by atoms with van der Waals surface area (Å²) < 4.78 is 21.8. The summed E-state index contributed by atoms with van der Waals surface area (Å²) in [6.07, 6.45) is 1.72. The number of ether oxygens (including phenoxy) is 3. The molecule has 6 heteroatoms. The Labute approximate surface area is 123 Å². The average molecular weight is 290 g/mol. The molecule has 0 spiro atoms. The smallest absolute Gasteiger partial charge is 0.208 e. The SMILES string of the molecule is COCCNCc1ncc(-c2ccc3c(c2)OCCO3)o1. The van der Waals surface area contributed by atoms with Crippen molar-refractivity contribution < 1.29 is 18.6 Å². The van der Waals surface area contributed by atoms with Crippen molar-refractivity contribution in [3.05, 3.63) is 30.3 Å². The number of rotatable bonds is 6. The molecular weight excluding hydrogens is 272 g/mol. The summed E-state index contributed by atoms with van der Waals surface area (Å²) >= 11 is 0. The maximum absolute atomic E-state index is 5.73. The first kappa shape index (κ1) is 13.9. The fourth-order valence-corrected chi connectivity index (χ4v) is 2.09. The number of methoxy groups -OCH3 is 1. The summed E-state index contributed by atoms with van der Waals surface area (Å²) in [5.41, 5.74) is 0.926. The number of oxazole rings is 1. The van der Waals surface area contributed by atoms with Crippen LogP contribution in [-0.2, 0) is 11.3 Å². The van der Waals surface area contributed by atoms with Crippen LogP contribution in [0, 0.1) is 0 Å². The van der Waals surface area contributed by atoms with E-state index in [9.17, 15) is 0 Å². The zero-order valence-corrected chi connectivity index (χ0v) is 11.9. The standard InChI is InChI=1S/C15H18N2O4/c1-18-5-4-16-10-15-17-9-14(21-15)11-2-3-12-13(8-11)20-7-6-19-12/h2-3,8-9,16H,4-7,10H2,1H3. The molecule has 0 unspecified atom stereocenters. The second-order valence-corrected chi connectivity index (χ2v) is 4.65. The third-order valence-electron chi connectivity index (χ3n) is 3.14. The van der Waals surface area contributed by atoms with E-state index in [1.165, 1.54) is 0 Å². The van der Waals surface area contributed by atoms with Gasteiger partial charge in [-0.3, -0.25) is 0 Å². The van der Waals surface area contributed by atoms with Crippen LogP contribution in [0.2, 0.25) is 0 Å². The molecule has 0 saturated heterocycles. The van der Waals surface area contributed by atoms with E-state index < -0.39 is 0 Å². The van der Waals surface area contributed by atoms with E-state index in [0.717, 1.165) is 29.4 Å². The lowest BCUT2D eigenvalue weighted by molar-refractivity contribution is 0.171. The highest BCUT2D eigenvalue weighted by Crippen LogP contribution is 2.34. The Hall–Kier alpha value is -2.05. The Morgan fingerprint density at radius 3 is 2.95 bits per heavy atom. The third kappa shape index (κ3) is 3.34. The van der Waals surface area contributed by atoms with E-state index in [1.807, 2.05) is 18.2 Å². The molecule has 2 aromatic rings. The Bertz CT molecular complexity index is 597. The van der Waals surface area contributed by atoms with Crippen molar-refractivity contribution in [2.75, 3.05) is 33.5 Å². The van der Waals surface area contributed by atoms with Gasteiger partial charge in [0.2, 0.25) is 5.89 Å². The Kier molecular flexibility index (Phi) is 4.37. The summed E-state index contributed by atoms with van der Waals surface area (Å²) in [6, 6.07) is 5.75. The fraction of sp³-hybridized carbons (Fsp3) is 0.400. The lowest BCUT2D eigenvalue weighted by atomic mass is 10.1. The van der Waals surface area contributed by atoms with Crippen molar-refractivity contribution in [1.82, 2.24) is 10.3 Å². The van der Waals surface area contributed by atoms with E-state index in [1.54, 1.807) is 13.3 Å². The second-order valence-electron chi connectivity index (χ2n) is 4.65. The lowest BCUT2D eigenvalue weighted by Crippen LogP contribution is -2.18. The van der Waals surface area contributed by atoms with Gasteiger partial charge in [0.05, 0.1) is 19.3 Å². The van der Waals surface area contributed by atoms with Crippen LogP contribution in [0.4, 0.5) is 0 Å². The molecule has 1 aromatic carbocycles. The summed E-state index contributed by atoms with van der Waals surface area (Å²) in [4.78, 5) is 4.26. The first-order valence-corrected chi connectivity index (χ1v) is 6.91. The fourth-order valence-electron chi connectivity index (χ4n) is 2.09. The average Bonchev–Trinajstić information content (AvgIpc) is 3.00. The molecule has 0 aliphatic carbocycles. The molecule has 1 aliphatic rings. The predicted molar refractivity (Wildman–Crippen MR) is 76.5 cm³/mol. The topological polar surface area (TPSA) is 65.8 Å². The number of hydrogen-bond donors (Lipinski definition) is 1. The van der Waals surface area contributed by atoms with Gasteiger partial charge in [0.25, 0.3) is 0 Å². The molecule has 1 aliphatic heterocycles. The highest BCUT2D eigenvalue weighted by atomic mass is 16.6. The van der Waals surface area contributed by atoms with Crippen LogP contribution in [0.25, 0.3) is 11.3 Å². The minimum atomic E-state index is 0.571. The molecule has 6 nitrogen and oxygen atoms in total. The van der Waals surface area contributed by atoms with Crippen LogP contribution in [-0.4, -0.2) is 38.5 Å². The van der Waals surface area contributed by atoms with Gasteiger partial charge in [0.1, 0.15) is 13.2 Å². The highest BCUT2D eigenvalue weighted by molar-refractivity contribution is 5.62. The van der Waals surface area contributed by atoms with Gasteiger partial charge in [-0.25, -0.2) is 4.98 Å². The van der Waals surface area contributed by atoms with E-state index in [0.29, 0.717) is 32.3 Å². The minimum absolute atomic E-state index is 0.571. The molecule has 3 rings (SSSR count). The Balaban J connectivity index is 1.68. The molecule has 0 bridgehead atoms. The van der Waals surface area contributed by atoms with Crippen LogP contribution in [0.5, 0.6) is 11.5 Å². The van der Waals surface area contributed by atoms with Gasteiger partial charge >= 0.3 is 0 Å². The van der Waals surface area contributed by atoms with Crippen LogP contribution in [0.15, 0.2) is 28.8 Å². The van der Waals surface area contributed by atoms with Crippen molar-refractivity contribution >= 4 is 0 Å². The molecule has 0 radical (unpaired) electrons. The van der Waals surface area contributed by atoms with Gasteiger partial charge in [-0.1, -0.05) is 0 Å². The van der Waals surface area contributed by atoms with E-state index in [2.05, 4.69) is 10.3 Å². The molecule has 112 valence electrons. The largest absolute Gasteiger partial charge is 0.486 e. The van der Waals surface area contributed by atoms with Crippen LogP contribution in [0.1, 0.15) is 5.89 Å². The quantitative estimate of drug-likeness (QED) is 0.819. The Morgan fingerprint density at radius 2 is 2.10 bits per heavy atom. The number of nitrogens with zero attached hydrogens (tertiary/aromatic N) is 1. The van der Waals surface area contributed by atoms with Crippen LogP contribution < -0.4 is 14.8 Å².